The van der Waals surface area contributed by atoms with Crippen molar-refractivity contribution >= 4 is 28.3 Å². The van der Waals surface area contributed by atoms with E-state index in [0.29, 0.717) is 10.7 Å². The molecule has 1 aromatic carbocycles. The molecule has 5 nitrogen and oxygen atoms in total. The van der Waals surface area contributed by atoms with Crippen LogP contribution in [0.5, 0.6) is 0 Å². The van der Waals surface area contributed by atoms with E-state index < -0.39 is 0 Å². The van der Waals surface area contributed by atoms with Crippen LogP contribution in [0.2, 0.25) is 0 Å². The van der Waals surface area contributed by atoms with Gasteiger partial charge >= 0.3 is 0 Å². The highest BCUT2D eigenvalue weighted by Gasteiger charge is 2.21. The topological polar surface area (TPSA) is 62.3 Å². The summed E-state index contributed by atoms with van der Waals surface area (Å²) in [5.74, 6) is -0.802. The molecule has 0 spiro atoms. The number of nitrogens with one attached hydrogen (secondary N) is 1. The minimum Gasteiger partial charge on any atom is -0.331 e. The van der Waals surface area contributed by atoms with Crippen molar-refractivity contribution in [3.8, 4) is 0 Å². The third-order valence-electron chi connectivity index (χ3n) is 3.80. The van der Waals surface area contributed by atoms with Crippen LogP contribution in [0.25, 0.3) is 0 Å². The van der Waals surface area contributed by atoms with Gasteiger partial charge in [-0.2, -0.15) is 0 Å². The van der Waals surface area contributed by atoms with E-state index in [4.69, 9.17) is 0 Å². The molecule has 0 aliphatic carbocycles. The second kappa shape index (κ2) is 8.20. The van der Waals surface area contributed by atoms with E-state index in [1.54, 1.807) is 12.1 Å². The van der Waals surface area contributed by atoms with E-state index in [-0.39, 0.29) is 36.6 Å². The highest BCUT2D eigenvalue weighted by Crippen LogP contribution is 2.21. The third-order valence-corrected chi connectivity index (χ3v) is 4.79. The Balaban J connectivity index is 2.00. The van der Waals surface area contributed by atoms with E-state index in [2.05, 4.69) is 10.3 Å². The second-order valence-corrected chi connectivity index (χ2v) is 7.33. The summed E-state index contributed by atoms with van der Waals surface area (Å²) in [7, 11) is 0. The molecule has 2 aromatic rings. The van der Waals surface area contributed by atoms with Crippen molar-refractivity contribution in [3.63, 3.8) is 0 Å². The molecule has 0 aliphatic rings. The third kappa shape index (κ3) is 5.35. The molecular formula is C18H22FN3O2S. The minimum absolute atomic E-state index is 0.0463. The van der Waals surface area contributed by atoms with Gasteiger partial charge in [0.1, 0.15) is 12.4 Å². The van der Waals surface area contributed by atoms with Crippen LogP contribution in [0, 0.1) is 19.7 Å². The van der Waals surface area contributed by atoms with E-state index in [0.717, 1.165) is 10.6 Å². The first-order chi connectivity index (χ1) is 11.8. The van der Waals surface area contributed by atoms with Crippen LogP contribution in [0.15, 0.2) is 24.3 Å². The first-order valence-corrected chi connectivity index (χ1v) is 8.85. The Bertz CT molecular complexity index is 737. The number of aromatic nitrogens is 1. The summed E-state index contributed by atoms with van der Waals surface area (Å²) in [4.78, 5) is 31.6. The molecule has 1 heterocycles. The lowest BCUT2D eigenvalue weighted by molar-refractivity contribution is -0.135. The van der Waals surface area contributed by atoms with Crippen LogP contribution >= 0.6 is 11.3 Å². The lowest BCUT2D eigenvalue weighted by atomic mass is 10.1. The van der Waals surface area contributed by atoms with Crippen molar-refractivity contribution in [1.82, 2.24) is 9.88 Å². The van der Waals surface area contributed by atoms with Gasteiger partial charge in [-0.3, -0.25) is 9.59 Å². The molecule has 0 fully saturated rings. The number of anilines is 1. The molecular weight excluding hydrogens is 341 g/mol. The minimum atomic E-state index is -0.342. The van der Waals surface area contributed by atoms with Gasteiger partial charge < -0.3 is 10.2 Å². The summed E-state index contributed by atoms with van der Waals surface area (Å²) in [5, 5.41) is 3.28. The summed E-state index contributed by atoms with van der Waals surface area (Å²) < 4.78 is 13.0. The molecule has 7 heteroatoms. The summed E-state index contributed by atoms with van der Waals surface area (Å²) >= 11 is 1.41. The maximum Gasteiger partial charge on any atom is 0.245 e. The molecule has 0 saturated heterocycles. The fraction of sp³-hybridized carbons (Fsp3) is 0.389. The second-order valence-electron chi connectivity index (χ2n) is 6.13. The zero-order valence-corrected chi connectivity index (χ0v) is 15.6. The van der Waals surface area contributed by atoms with Crippen molar-refractivity contribution < 1.29 is 14.0 Å². The summed E-state index contributed by atoms with van der Waals surface area (Å²) in [6.45, 7) is 7.49. The first-order valence-electron chi connectivity index (χ1n) is 8.04. The molecule has 0 unspecified atom stereocenters. The number of carbonyl (C=O) groups excluding carboxylic acids is 2. The Hall–Kier alpha value is -2.28. The maximum absolute atomic E-state index is 13.0. The molecule has 2 rings (SSSR count). The Morgan fingerprint density at radius 3 is 2.40 bits per heavy atom. The van der Waals surface area contributed by atoms with Crippen molar-refractivity contribution in [1.29, 1.82) is 0 Å². The van der Waals surface area contributed by atoms with Crippen LogP contribution in [-0.4, -0.2) is 34.3 Å². The normalized spacial score (nSPS) is 10.8. The van der Waals surface area contributed by atoms with Crippen molar-refractivity contribution in [2.45, 2.75) is 40.2 Å². The predicted octanol–water partition coefficient (Wildman–Crippen LogP) is 3.32. The SMILES string of the molecule is Cc1nc(NC(=O)CN(C(=O)Cc2ccc(F)cc2)C(C)C)sc1C. The van der Waals surface area contributed by atoms with Gasteiger partial charge in [-0.1, -0.05) is 12.1 Å². The van der Waals surface area contributed by atoms with Crippen LogP contribution in [0.1, 0.15) is 30.0 Å². The molecule has 134 valence electrons. The smallest absolute Gasteiger partial charge is 0.245 e. The van der Waals surface area contributed by atoms with E-state index in [1.165, 1.54) is 28.4 Å². The van der Waals surface area contributed by atoms with Gasteiger partial charge in [-0.05, 0) is 45.4 Å². The van der Waals surface area contributed by atoms with Crippen molar-refractivity contribution in [2.75, 3.05) is 11.9 Å². The Morgan fingerprint density at radius 1 is 1.24 bits per heavy atom. The highest BCUT2D eigenvalue weighted by atomic mass is 32.1. The van der Waals surface area contributed by atoms with Crippen molar-refractivity contribution in [2.24, 2.45) is 0 Å². The quantitative estimate of drug-likeness (QED) is 0.856. The zero-order chi connectivity index (χ0) is 18.6. The number of halogens is 1. The fourth-order valence-electron chi connectivity index (χ4n) is 2.28. The van der Waals surface area contributed by atoms with Crippen LogP contribution < -0.4 is 5.32 Å². The Morgan fingerprint density at radius 2 is 1.88 bits per heavy atom. The molecule has 1 aromatic heterocycles. The van der Waals surface area contributed by atoms with Gasteiger partial charge in [0.25, 0.3) is 0 Å². The van der Waals surface area contributed by atoms with Gasteiger partial charge in [-0.25, -0.2) is 9.37 Å². The molecule has 0 atom stereocenters. The number of amides is 2. The molecule has 25 heavy (non-hydrogen) atoms. The maximum atomic E-state index is 13.0. The fourth-order valence-corrected chi connectivity index (χ4v) is 3.11. The number of thiazole rings is 1. The molecule has 0 radical (unpaired) electrons. The molecule has 0 saturated carbocycles. The monoisotopic (exact) mass is 363 g/mol. The van der Waals surface area contributed by atoms with Crippen LogP contribution in [0.4, 0.5) is 9.52 Å². The Labute approximate surface area is 150 Å². The van der Waals surface area contributed by atoms with Crippen LogP contribution in [0.3, 0.4) is 0 Å². The van der Waals surface area contributed by atoms with Crippen LogP contribution in [-0.2, 0) is 16.0 Å². The number of benzene rings is 1. The van der Waals surface area contributed by atoms with Gasteiger partial charge in [0.05, 0.1) is 12.1 Å². The number of hydrogen-bond donors (Lipinski definition) is 1. The Kier molecular flexibility index (Phi) is 6.25. The lowest BCUT2D eigenvalue weighted by Gasteiger charge is -2.26. The van der Waals surface area contributed by atoms with Gasteiger partial charge in [0.15, 0.2) is 5.13 Å². The van der Waals surface area contributed by atoms with Gasteiger partial charge in [0.2, 0.25) is 11.8 Å². The van der Waals surface area contributed by atoms with Gasteiger partial charge in [-0.15, -0.1) is 11.3 Å². The number of rotatable bonds is 6. The first kappa shape index (κ1) is 19.1. The van der Waals surface area contributed by atoms with Crippen molar-refractivity contribution in [3.05, 3.63) is 46.2 Å². The number of hydrogen-bond acceptors (Lipinski definition) is 4. The summed E-state index contributed by atoms with van der Waals surface area (Å²) in [6.07, 6.45) is 0.126. The summed E-state index contributed by atoms with van der Waals surface area (Å²) in [6, 6.07) is 5.67. The predicted molar refractivity (Wildman–Crippen MR) is 97.2 cm³/mol. The average molecular weight is 363 g/mol. The average Bonchev–Trinajstić information content (AvgIpc) is 2.84. The number of nitrogens with zero attached hydrogens (tertiary/aromatic N) is 2. The van der Waals surface area contributed by atoms with E-state index in [1.807, 2.05) is 27.7 Å². The molecule has 0 bridgehead atoms. The zero-order valence-electron chi connectivity index (χ0n) is 14.8. The summed E-state index contributed by atoms with van der Waals surface area (Å²) in [5.41, 5.74) is 1.59. The van der Waals surface area contributed by atoms with E-state index in [9.17, 15) is 14.0 Å². The molecule has 2 amide bonds. The lowest BCUT2D eigenvalue weighted by Crippen LogP contribution is -2.43. The number of carbonyl (C=O) groups is 2. The van der Waals surface area contributed by atoms with E-state index >= 15 is 0 Å². The molecule has 1 N–H and O–H groups in total. The van der Waals surface area contributed by atoms with Gasteiger partial charge in [0, 0.05) is 10.9 Å². The highest BCUT2D eigenvalue weighted by molar-refractivity contribution is 7.15. The standard InChI is InChI=1S/C18H22FN3O2S/c1-11(2)22(17(24)9-14-5-7-15(19)8-6-14)10-16(23)21-18-20-12(3)13(4)25-18/h5-8,11H,9-10H2,1-4H3,(H,20,21,23). The number of aryl methyl sites for hydroxylation is 2. The molecule has 0 aliphatic heterocycles. The largest absolute Gasteiger partial charge is 0.331 e.